The zero-order chi connectivity index (χ0) is 14.6. The van der Waals surface area contributed by atoms with E-state index in [9.17, 15) is 9.59 Å². The third-order valence-electron chi connectivity index (χ3n) is 3.05. The van der Waals surface area contributed by atoms with Crippen LogP contribution in [0.5, 0.6) is 0 Å². The average Bonchev–Trinajstić information content (AvgIpc) is 2.26. The van der Waals surface area contributed by atoms with Crippen LogP contribution in [-0.4, -0.2) is 41.3 Å². The molecule has 0 saturated carbocycles. The molecule has 0 N–H and O–H groups in total. The van der Waals surface area contributed by atoms with E-state index in [-0.39, 0.29) is 12.1 Å². The molecule has 0 aromatic carbocycles. The molecule has 19 heavy (non-hydrogen) atoms. The number of hydrogen-bond acceptors (Lipinski definition) is 5. The van der Waals surface area contributed by atoms with Crippen LogP contribution in [0.25, 0.3) is 0 Å². The van der Waals surface area contributed by atoms with Crippen molar-refractivity contribution in [1.82, 2.24) is 4.90 Å². The van der Waals surface area contributed by atoms with Crippen LogP contribution < -0.4 is 0 Å². The molecular weight excluding hydrogens is 246 g/mol. The van der Waals surface area contributed by atoms with Crippen LogP contribution >= 0.6 is 0 Å². The molecule has 0 amide bonds. The van der Waals surface area contributed by atoms with E-state index in [2.05, 4.69) is 4.90 Å². The summed E-state index contributed by atoms with van der Waals surface area (Å²) in [6.45, 7) is 10.2. The zero-order valence-corrected chi connectivity index (χ0v) is 12.6. The van der Waals surface area contributed by atoms with Crippen molar-refractivity contribution >= 4 is 12.1 Å². The van der Waals surface area contributed by atoms with Gasteiger partial charge in [-0.25, -0.2) is 9.59 Å². The average molecular weight is 271 g/mol. The predicted molar refractivity (Wildman–Crippen MR) is 71.8 cm³/mol. The molecule has 1 atom stereocenters. The molecule has 1 heterocycles. The van der Waals surface area contributed by atoms with Crippen LogP contribution in [0, 0.1) is 0 Å². The second kappa shape index (κ2) is 6.37. The highest BCUT2D eigenvalue weighted by Gasteiger charge is 2.33. The molecule has 1 aliphatic heterocycles. The van der Waals surface area contributed by atoms with Crippen molar-refractivity contribution in [3.63, 3.8) is 0 Å². The fourth-order valence-electron chi connectivity index (χ4n) is 2.25. The van der Waals surface area contributed by atoms with E-state index >= 15 is 0 Å². The molecule has 1 rings (SSSR count). The summed E-state index contributed by atoms with van der Waals surface area (Å²) in [4.78, 5) is 25.6. The number of rotatable bonds is 2. The maximum atomic E-state index is 12.0. The molecule has 5 heteroatoms. The van der Waals surface area contributed by atoms with Gasteiger partial charge in [-0.05, 0) is 54.0 Å². The Balaban J connectivity index is 2.58. The van der Waals surface area contributed by atoms with E-state index in [1.807, 2.05) is 13.8 Å². The highest BCUT2D eigenvalue weighted by molar-refractivity contribution is 5.85. The predicted octanol–water partition coefficient (Wildman–Crippen LogP) is 2.73. The smallest absolute Gasteiger partial charge is 0.428 e. The third kappa shape index (κ3) is 5.19. The van der Waals surface area contributed by atoms with E-state index < -0.39 is 17.7 Å². The van der Waals surface area contributed by atoms with Gasteiger partial charge in [0.25, 0.3) is 0 Å². The summed E-state index contributed by atoms with van der Waals surface area (Å²) in [5, 5.41) is 0. The number of carbonyl (C=O) groups is 2. The van der Waals surface area contributed by atoms with Gasteiger partial charge in [-0.2, -0.15) is 0 Å². The van der Waals surface area contributed by atoms with E-state index in [1.54, 1.807) is 20.8 Å². The van der Waals surface area contributed by atoms with Gasteiger partial charge in [-0.1, -0.05) is 6.42 Å². The van der Waals surface area contributed by atoms with Gasteiger partial charge < -0.3 is 9.47 Å². The second-order valence-electron chi connectivity index (χ2n) is 6.23. The molecule has 1 fully saturated rings. The largest absolute Gasteiger partial charge is 0.516 e. The normalized spacial score (nSPS) is 21.3. The Labute approximate surface area is 115 Å². The Hall–Kier alpha value is -1.10. The molecule has 1 unspecified atom stereocenters. The quantitative estimate of drug-likeness (QED) is 0.571. The maximum absolute atomic E-state index is 12.0. The van der Waals surface area contributed by atoms with Crippen molar-refractivity contribution in [1.29, 1.82) is 0 Å². The molecule has 110 valence electrons. The zero-order valence-electron chi connectivity index (χ0n) is 12.6. The summed E-state index contributed by atoms with van der Waals surface area (Å²) in [5.41, 5.74) is -0.651. The topological polar surface area (TPSA) is 55.8 Å². The first kappa shape index (κ1) is 16.0. The summed E-state index contributed by atoms with van der Waals surface area (Å²) in [6, 6.07) is -0.0715. The molecule has 0 aromatic heterocycles. The second-order valence-corrected chi connectivity index (χ2v) is 6.23. The number of ether oxygens (including phenoxy) is 2. The van der Waals surface area contributed by atoms with E-state index in [1.165, 1.54) is 0 Å². The van der Waals surface area contributed by atoms with Crippen molar-refractivity contribution in [2.45, 2.75) is 71.6 Å². The van der Waals surface area contributed by atoms with Crippen molar-refractivity contribution in [3.05, 3.63) is 0 Å². The van der Waals surface area contributed by atoms with Gasteiger partial charge in [0.1, 0.15) is 11.6 Å². The molecule has 0 spiro atoms. The van der Waals surface area contributed by atoms with Gasteiger partial charge in [0.15, 0.2) is 0 Å². The summed E-state index contributed by atoms with van der Waals surface area (Å²) in [5.74, 6) is -0.498. The number of esters is 1. The molecule has 0 bridgehead atoms. The first-order valence-corrected chi connectivity index (χ1v) is 6.91. The van der Waals surface area contributed by atoms with Crippen LogP contribution in [0.2, 0.25) is 0 Å². The minimum absolute atomic E-state index is 0.261. The van der Waals surface area contributed by atoms with Gasteiger partial charge in [-0.15, -0.1) is 0 Å². The van der Waals surface area contributed by atoms with E-state index in [0.717, 1.165) is 25.8 Å². The maximum Gasteiger partial charge on any atom is 0.516 e. The van der Waals surface area contributed by atoms with Crippen molar-refractivity contribution in [2.24, 2.45) is 0 Å². The number of hydrogen-bond donors (Lipinski definition) is 0. The summed E-state index contributed by atoms with van der Waals surface area (Å²) >= 11 is 0. The first-order chi connectivity index (χ1) is 8.70. The standard InChI is InChI=1S/C14H25NO4/c1-10(2)15-9-7-6-8-11(15)12(16)18-13(17)19-14(3,4)5/h10-11H,6-9H2,1-5H3. The number of piperidine rings is 1. The van der Waals surface area contributed by atoms with Crippen LogP contribution in [0.4, 0.5) is 4.79 Å². The van der Waals surface area contributed by atoms with Crippen molar-refractivity contribution in [3.8, 4) is 0 Å². The Morgan fingerprint density at radius 3 is 2.37 bits per heavy atom. The first-order valence-electron chi connectivity index (χ1n) is 6.91. The molecule has 0 aliphatic carbocycles. The lowest BCUT2D eigenvalue weighted by Crippen LogP contribution is -2.49. The van der Waals surface area contributed by atoms with E-state index in [0.29, 0.717) is 0 Å². The lowest BCUT2D eigenvalue weighted by Gasteiger charge is -2.36. The molecule has 5 nitrogen and oxygen atoms in total. The number of nitrogens with zero attached hydrogens (tertiary/aromatic N) is 1. The van der Waals surface area contributed by atoms with Gasteiger partial charge >= 0.3 is 12.1 Å². The lowest BCUT2D eigenvalue weighted by atomic mass is 10.0. The number of carbonyl (C=O) groups excluding carboxylic acids is 2. The molecular formula is C14H25NO4. The Kier molecular flexibility index (Phi) is 5.35. The van der Waals surface area contributed by atoms with E-state index in [4.69, 9.17) is 9.47 Å². The van der Waals surface area contributed by atoms with Crippen molar-refractivity contribution < 1.29 is 19.1 Å². The summed E-state index contributed by atoms with van der Waals surface area (Å²) in [7, 11) is 0. The highest BCUT2D eigenvalue weighted by Crippen LogP contribution is 2.21. The SMILES string of the molecule is CC(C)N1CCCCC1C(=O)OC(=O)OC(C)(C)C. The van der Waals surface area contributed by atoms with Crippen LogP contribution in [0.15, 0.2) is 0 Å². The summed E-state index contributed by atoms with van der Waals surface area (Å²) < 4.78 is 9.80. The van der Waals surface area contributed by atoms with Gasteiger partial charge in [0.05, 0.1) is 0 Å². The van der Waals surface area contributed by atoms with Crippen LogP contribution in [0.3, 0.4) is 0 Å². The Morgan fingerprint density at radius 1 is 1.21 bits per heavy atom. The molecule has 1 saturated heterocycles. The highest BCUT2D eigenvalue weighted by atomic mass is 16.7. The molecule has 0 aromatic rings. The fourth-order valence-corrected chi connectivity index (χ4v) is 2.25. The fraction of sp³-hybridized carbons (Fsp3) is 0.857. The Morgan fingerprint density at radius 2 is 1.84 bits per heavy atom. The van der Waals surface area contributed by atoms with Gasteiger partial charge in [-0.3, -0.25) is 4.90 Å². The molecule has 1 aliphatic rings. The Bertz CT molecular complexity index is 333. The van der Waals surface area contributed by atoms with Crippen molar-refractivity contribution in [2.75, 3.05) is 6.54 Å². The third-order valence-corrected chi connectivity index (χ3v) is 3.05. The van der Waals surface area contributed by atoms with Gasteiger partial charge in [0.2, 0.25) is 0 Å². The number of likely N-dealkylation sites (tertiary alicyclic amines) is 1. The summed E-state index contributed by atoms with van der Waals surface area (Å²) in [6.07, 6.45) is 1.89. The monoisotopic (exact) mass is 271 g/mol. The van der Waals surface area contributed by atoms with Gasteiger partial charge in [0, 0.05) is 6.04 Å². The molecule has 0 radical (unpaired) electrons. The minimum Gasteiger partial charge on any atom is -0.428 e. The van der Waals surface area contributed by atoms with Crippen LogP contribution in [0.1, 0.15) is 53.9 Å². The lowest BCUT2D eigenvalue weighted by molar-refractivity contribution is -0.149. The minimum atomic E-state index is -0.910. The van der Waals surface area contributed by atoms with Crippen LogP contribution in [-0.2, 0) is 14.3 Å².